The molecule has 4 rings (SSSR count). The van der Waals surface area contributed by atoms with Crippen LogP contribution in [0.5, 0.6) is 11.5 Å². The van der Waals surface area contributed by atoms with E-state index in [1.165, 1.54) is 16.8 Å². The van der Waals surface area contributed by atoms with Crippen molar-refractivity contribution < 1.29 is 14.6 Å². The minimum absolute atomic E-state index is 0.166. The lowest BCUT2D eigenvalue weighted by atomic mass is 10.0. The molecule has 1 heterocycles. The van der Waals surface area contributed by atoms with Crippen molar-refractivity contribution in [2.45, 2.75) is 6.10 Å². The van der Waals surface area contributed by atoms with Crippen LogP contribution >= 0.6 is 0 Å². The van der Waals surface area contributed by atoms with Gasteiger partial charge in [-0.15, -0.1) is 0 Å². The van der Waals surface area contributed by atoms with E-state index in [0.29, 0.717) is 17.9 Å². The largest absolute Gasteiger partial charge is 0.497 e. The SMILES string of the molecule is COc1ccc(-c2ccccc2N2CCN(C[C@@H](O)COc3ccccc3C#N)CC2)cc1. The van der Waals surface area contributed by atoms with Crippen LogP contribution in [0.2, 0.25) is 0 Å². The second-order valence-corrected chi connectivity index (χ2v) is 8.11. The average molecular weight is 444 g/mol. The lowest BCUT2D eigenvalue weighted by Gasteiger charge is -2.37. The van der Waals surface area contributed by atoms with Crippen LogP contribution in [0.3, 0.4) is 0 Å². The number of para-hydroxylation sites is 2. The normalized spacial score (nSPS) is 15.0. The molecule has 6 heteroatoms. The number of aliphatic hydroxyl groups excluding tert-OH is 1. The summed E-state index contributed by atoms with van der Waals surface area (Å²) in [6.07, 6.45) is -0.616. The number of nitrogens with zero attached hydrogens (tertiary/aromatic N) is 3. The first-order valence-corrected chi connectivity index (χ1v) is 11.2. The molecule has 3 aromatic rings. The zero-order valence-electron chi connectivity index (χ0n) is 18.9. The number of hydrogen-bond donors (Lipinski definition) is 1. The lowest BCUT2D eigenvalue weighted by Crippen LogP contribution is -2.49. The first-order valence-electron chi connectivity index (χ1n) is 11.2. The molecule has 170 valence electrons. The molecule has 0 unspecified atom stereocenters. The number of rotatable bonds is 8. The van der Waals surface area contributed by atoms with Gasteiger partial charge in [0.25, 0.3) is 0 Å². The Morgan fingerprint density at radius 3 is 2.36 bits per heavy atom. The van der Waals surface area contributed by atoms with Gasteiger partial charge in [0.1, 0.15) is 30.3 Å². The predicted octanol–water partition coefficient (Wildman–Crippen LogP) is 3.80. The fraction of sp³-hybridized carbons (Fsp3) is 0.296. The van der Waals surface area contributed by atoms with Crippen molar-refractivity contribution in [3.8, 4) is 28.7 Å². The first-order chi connectivity index (χ1) is 16.2. The Morgan fingerprint density at radius 2 is 1.64 bits per heavy atom. The Bertz CT molecular complexity index is 1090. The molecule has 3 aromatic carbocycles. The average Bonchev–Trinajstić information content (AvgIpc) is 2.88. The van der Waals surface area contributed by atoms with E-state index >= 15 is 0 Å². The second-order valence-electron chi connectivity index (χ2n) is 8.11. The molecule has 6 nitrogen and oxygen atoms in total. The monoisotopic (exact) mass is 443 g/mol. The van der Waals surface area contributed by atoms with Crippen LogP contribution < -0.4 is 14.4 Å². The maximum absolute atomic E-state index is 10.5. The van der Waals surface area contributed by atoms with Gasteiger partial charge in [0, 0.05) is 44.0 Å². The Labute approximate surface area is 195 Å². The topological polar surface area (TPSA) is 69.0 Å². The Hall–Kier alpha value is -3.53. The van der Waals surface area contributed by atoms with Crippen LogP contribution in [0.4, 0.5) is 5.69 Å². The summed E-state index contributed by atoms with van der Waals surface area (Å²) in [5, 5.41) is 19.6. The first kappa shape index (κ1) is 22.7. The number of nitriles is 1. The van der Waals surface area contributed by atoms with Crippen LogP contribution in [0.1, 0.15) is 5.56 Å². The fourth-order valence-electron chi connectivity index (χ4n) is 4.16. The molecule has 1 N–H and O–H groups in total. The van der Waals surface area contributed by atoms with Crippen LogP contribution in [-0.2, 0) is 0 Å². The summed E-state index contributed by atoms with van der Waals surface area (Å²) in [6, 6.07) is 25.8. The standard InChI is InChI=1S/C27H29N3O3/c1-32-24-12-10-21(11-13-24)25-7-3-4-8-26(25)30-16-14-29(15-17-30)19-23(31)20-33-27-9-5-2-6-22(27)18-28/h2-13,23,31H,14-17,19-20H2,1H3/t23-/m1/s1. The van der Waals surface area contributed by atoms with Crippen LogP contribution in [0.25, 0.3) is 11.1 Å². The smallest absolute Gasteiger partial charge is 0.137 e. The highest BCUT2D eigenvalue weighted by Crippen LogP contribution is 2.32. The van der Waals surface area contributed by atoms with Gasteiger partial charge in [-0.3, -0.25) is 4.90 Å². The van der Waals surface area contributed by atoms with Crippen molar-refractivity contribution in [2.24, 2.45) is 0 Å². The van der Waals surface area contributed by atoms with E-state index in [4.69, 9.17) is 14.7 Å². The summed E-state index contributed by atoms with van der Waals surface area (Å²) in [6.45, 7) is 4.21. The van der Waals surface area contributed by atoms with E-state index in [1.54, 1.807) is 25.3 Å². The summed E-state index contributed by atoms with van der Waals surface area (Å²) >= 11 is 0. The maximum Gasteiger partial charge on any atom is 0.137 e. The van der Waals surface area contributed by atoms with Gasteiger partial charge in [-0.2, -0.15) is 5.26 Å². The summed E-state index contributed by atoms with van der Waals surface area (Å²) in [7, 11) is 1.68. The number of aliphatic hydroxyl groups is 1. The lowest BCUT2D eigenvalue weighted by molar-refractivity contribution is 0.0662. The highest BCUT2D eigenvalue weighted by molar-refractivity contribution is 5.79. The van der Waals surface area contributed by atoms with Crippen molar-refractivity contribution in [2.75, 3.05) is 51.3 Å². The van der Waals surface area contributed by atoms with Crippen molar-refractivity contribution in [1.29, 1.82) is 5.26 Å². The summed E-state index contributed by atoms with van der Waals surface area (Å²) in [4.78, 5) is 4.67. The van der Waals surface area contributed by atoms with Gasteiger partial charge in [-0.05, 0) is 35.9 Å². The van der Waals surface area contributed by atoms with E-state index in [2.05, 4.69) is 52.3 Å². The molecule has 1 saturated heterocycles. The highest BCUT2D eigenvalue weighted by Gasteiger charge is 2.21. The molecule has 0 aliphatic carbocycles. The highest BCUT2D eigenvalue weighted by atomic mass is 16.5. The minimum atomic E-state index is -0.616. The van der Waals surface area contributed by atoms with E-state index in [-0.39, 0.29) is 6.61 Å². The van der Waals surface area contributed by atoms with Crippen molar-refractivity contribution in [3.63, 3.8) is 0 Å². The second kappa shape index (κ2) is 10.9. The van der Waals surface area contributed by atoms with Crippen LogP contribution in [0, 0.1) is 11.3 Å². The predicted molar refractivity (Wildman–Crippen MR) is 130 cm³/mol. The summed E-state index contributed by atoms with van der Waals surface area (Å²) in [5.74, 6) is 1.36. The quantitative estimate of drug-likeness (QED) is 0.571. The Kier molecular flexibility index (Phi) is 7.46. The maximum atomic E-state index is 10.5. The molecule has 1 aliphatic rings. The van der Waals surface area contributed by atoms with Gasteiger partial charge >= 0.3 is 0 Å². The molecule has 1 aliphatic heterocycles. The zero-order valence-corrected chi connectivity index (χ0v) is 18.9. The number of benzene rings is 3. The van der Waals surface area contributed by atoms with E-state index in [1.807, 2.05) is 18.2 Å². The number of hydrogen-bond acceptors (Lipinski definition) is 6. The summed E-state index contributed by atoms with van der Waals surface area (Å²) in [5.41, 5.74) is 4.07. The fourth-order valence-corrected chi connectivity index (χ4v) is 4.16. The molecular formula is C27H29N3O3. The number of methoxy groups -OCH3 is 1. The van der Waals surface area contributed by atoms with Gasteiger partial charge in [0.2, 0.25) is 0 Å². The van der Waals surface area contributed by atoms with Crippen molar-refractivity contribution >= 4 is 5.69 Å². The molecule has 33 heavy (non-hydrogen) atoms. The van der Waals surface area contributed by atoms with Crippen molar-refractivity contribution in [3.05, 3.63) is 78.4 Å². The van der Waals surface area contributed by atoms with Gasteiger partial charge < -0.3 is 19.5 Å². The molecule has 0 radical (unpaired) electrons. The number of piperazine rings is 1. The zero-order chi connectivity index (χ0) is 23.0. The van der Waals surface area contributed by atoms with E-state index in [0.717, 1.165) is 31.9 Å². The minimum Gasteiger partial charge on any atom is -0.497 e. The Balaban J connectivity index is 1.32. The van der Waals surface area contributed by atoms with Crippen molar-refractivity contribution in [1.82, 2.24) is 4.90 Å². The molecule has 0 amide bonds. The molecular weight excluding hydrogens is 414 g/mol. The van der Waals surface area contributed by atoms with Gasteiger partial charge in [0.05, 0.1) is 12.7 Å². The van der Waals surface area contributed by atoms with Gasteiger partial charge in [-0.25, -0.2) is 0 Å². The third-order valence-corrected chi connectivity index (χ3v) is 5.93. The van der Waals surface area contributed by atoms with Crippen LogP contribution in [-0.4, -0.2) is 62.6 Å². The van der Waals surface area contributed by atoms with E-state index in [9.17, 15) is 5.11 Å². The van der Waals surface area contributed by atoms with E-state index < -0.39 is 6.10 Å². The third-order valence-electron chi connectivity index (χ3n) is 5.93. The molecule has 0 spiro atoms. The third kappa shape index (κ3) is 5.64. The molecule has 0 aromatic heterocycles. The number of β-amino-alcohol motifs (C(OH)–C–C–N with tert-alkyl or cyclic N) is 1. The summed E-state index contributed by atoms with van der Waals surface area (Å²) < 4.78 is 11.0. The Morgan fingerprint density at radius 1 is 0.939 bits per heavy atom. The number of ether oxygens (including phenoxy) is 2. The molecule has 0 bridgehead atoms. The molecule has 1 atom stereocenters. The van der Waals surface area contributed by atoms with Gasteiger partial charge in [0.15, 0.2) is 0 Å². The molecule has 1 fully saturated rings. The molecule has 0 saturated carbocycles. The number of anilines is 1. The van der Waals surface area contributed by atoms with Gasteiger partial charge in [-0.1, -0.05) is 42.5 Å². The van der Waals surface area contributed by atoms with Crippen LogP contribution in [0.15, 0.2) is 72.8 Å².